The van der Waals surface area contributed by atoms with E-state index in [4.69, 9.17) is 5.11 Å². The Balaban J connectivity index is 1.53. The van der Waals surface area contributed by atoms with Gasteiger partial charge in [-0.3, -0.25) is 0 Å². The van der Waals surface area contributed by atoms with Gasteiger partial charge in [0, 0.05) is 32.4 Å². The third-order valence-corrected chi connectivity index (χ3v) is 4.77. The fraction of sp³-hybridized carbons (Fsp3) is 0.375. The Bertz CT molecular complexity index is 633. The molecule has 0 bridgehead atoms. The van der Waals surface area contributed by atoms with Crippen molar-refractivity contribution in [2.45, 2.75) is 25.9 Å². The zero-order chi connectivity index (χ0) is 15.4. The molecule has 0 aliphatic carbocycles. The summed E-state index contributed by atoms with van der Waals surface area (Å²) >= 11 is 1.26. The van der Waals surface area contributed by atoms with Gasteiger partial charge in [0.25, 0.3) is 0 Å². The highest BCUT2D eigenvalue weighted by Gasteiger charge is 2.13. The van der Waals surface area contributed by atoms with Crippen molar-refractivity contribution >= 4 is 23.1 Å². The topological polar surface area (TPSA) is 65.5 Å². The predicted octanol–water partition coefficient (Wildman–Crippen LogP) is 2.73. The second-order valence-corrected chi connectivity index (χ2v) is 6.32. The second kappa shape index (κ2) is 6.89. The minimum absolute atomic E-state index is 0.412. The molecule has 0 aromatic carbocycles. The first-order valence-corrected chi connectivity index (χ1v) is 8.32. The molecule has 1 aliphatic rings. The van der Waals surface area contributed by atoms with Gasteiger partial charge < -0.3 is 15.3 Å². The lowest BCUT2D eigenvalue weighted by atomic mass is 10.2. The molecule has 116 valence electrons. The van der Waals surface area contributed by atoms with Crippen molar-refractivity contribution in [1.29, 1.82) is 0 Å². The van der Waals surface area contributed by atoms with E-state index >= 15 is 0 Å². The van der Waals surface area contributed by atoms with Crippen LogP contribution in [0.5, 0.6) is 0 Å². The molecular weight excluding hydrogens is 298 g/mol. The van der Waals surface area contributed by atoms with E-state index in [0.717, 1.165) is 30.0 Å². The van der Waals surface area contributed by atoms with Crippen LogP contribution < -0.4 is 10.2 Å². The van der Waals surface area contributed by atoms with Gasteiger partial charge in [0.15, 0.2) is 0 Å². The van der Waals surface area contributed by atoms with E-state index in [0.29, 0.717) is 18.0 Å². The summed E-state index contributed by atoms with van der Waals surface area (Å²) in [5.74, 6) is 0.190. The Hall–Kier alpha value is -1.92. The quantitative estimate of drug-likeness (QED) is 0.857. The summed E-state index contributed by atoms with van der Waals surface area (Å²) in [4.78, 5) is 18.3. The van der Waals surface area contributed by atoms with Gasteiger partial charge in [-0.1, -0.05) is 6.07 Å². The maximum Gasteiger partial charge on any atom is 0.346 e. The Kier molecular flexibility index (Phi) is 4.70. The minimum Gasteiger partial charge on any atom is -0.477 e. The molecule has 0 atom stereocenters. The van der Waals surface area contributed by atoms with Gasteiger partial charge in [-0.2, -0.15) is 0 Å². The summed E-state index contributed by atoms with van der Waals surface area (Å²) in [5.41, 5.74) is 1.94. The molecule has 0 radical (unpaired) electrons. The number of hydrogen-bond acceptors (Lipinski definition) is 5. The zero-order valence-corrected chi connectivity index (χ0v) is 13.1. The molecule has 6 heteroatoms. The van der Waals surface area contributed by atoms with E-state index < -0.39 is 5.97 Å². The van der Waals surface area contributed by atoms with Crippen molar-refractivity contribution in [3.63, 3.8) is 0 Å². The van der Waals surface area contributed by atoms with E-state index in [1.807, 2.05) is 17.6 Å². The third kappa shape index (κ3) is 3.45. The van der Waals surface area contributed by atoms with Crippen molar-refractivity contribution in [3.05, 3.63) is 45.8 Å². The standard InChI is InChI=1S/C16H19N3O2S/c20-16(21)15-13(5-8-22-15)11-17-9-12-3-4-14(18-10-12)19-6-1-2-7-19/h3-5,8,10,17H,1-2,6-7,9,11H2,(H,20,21). The number of nitrogens with zero attached hydrogens (tertiary/aromatic N) is 2. The predicted molar refractivity (Wildman–Crippen MR) is 87.5 cm³/mol. The Labute approximate surface area is 133 Å². The van der Waals surface area contributed by atoms with Crippen LogP contribution in [0.3, 0.4) is 0 Å². The van der Waals surface area contributed by atoms with Crippen LogP contribution in [-0.2, 0) is 13.1 Å². The highest BCUT2D eigenvalue weighted by Crippen LogP contribution is 2.18. The monoisotopic (exact) mass is 317 g/mol. The maximum atomic E-state index is 11.0. The van der Waals surface area contributed by atoms with Crippen molar-refractivity contribution in [1.82, 2.24) is 10.3 Å². The van der Waals surface area contributed by atoms with E-state index in [2.05, 4.69) is 27.3 Å². The largest absolute Gasteiger partial charge is 0.477 e. The number of carbonyl (C=O) groups is 1. The van der Waals surface area contributed by atoms with Gasteiger partial charge in [0.2, 0.25) is 0 Å². The summed E-state index contributed by atoms with van der Waals surface area (Å²) in [6.07, 6.45) is 4.39. The molecule has 3 rings (SSSR count). The summed E-state index contributed by atoms with van der Waals surface area (Å²) in [5, 5.41) is 14.2. The van der Waals surface area contributed by atoms with Crippen LogP contribution in [0, 0.1) is 0 Å². The first-order valence-electron chi connectivity index (χ1n) is 7.44. The van der Waals surface area contributed by atoms with Crippen molar-refractivity contribution < 1.29 is 9.90 Å². The molecule has 2 N–H and O–H groups in total. The van der Waals surface area contributed by atoms with Gasteiger partial charge in [0.1, 0.15) is 10.7 Å². The SMILES string of the molecule is O=C(O)c1sccc1CNCc1ccc(N2CCCC2)nc1. The highest BCUT2D eigenvalue weighted by atomic mass is 32.1. The Morgan fingerprint density at radius 3 is 2.77 bits per heavy atom. The van der Waals surface area contributed by atoms with Gasteiger partial charge in [-0.05, 0) is 41.5 Å². The van der Waals surface area contributed by atoms with Crippen LogP contribution in [0.25, 0.3) is 0 Å². The molecule has 1 aliphatic heterocycles. The molecule has 0 unspecified atom stereocenters. The number of hydrogen-bond donors (Lipinski definition) is 2. The molecule has 1 saturated heterocycles. The van der Waals surface area contributed by atoms with E-state index in [1.165, 1.54) is 24.2 Å². The summed E-state index contributed by atoms with van der Waals surface area (Å²) < 4.78 is 0. The second-order valence-electron chi connectivity index (χ2n) is 5.40. The number of carboxylic acids is 1. The van der Waals surface area contributed by atoms with Gasteiger partial charge in [0.05, 0.1) is 0 Å². The van der Waals surface area contributed by atoms with Crippen molar-refractivity contribution in [2.75, 3.05) is 18.0 Å². The molecule has 22 heavy (non-hydrogen) atoms. The molecule has 2 aromatic rings. The van der Waals surface area contributed by atoms with Crippen LogP contribution in [0.15, 0.2) is 29.8 Å². The maximum absolute atomic E-state index is 11.0. The highest BCUT2D eigenvalue weighted by molar-refractivity contribution is 7.12. The van der Waals surface area contributed by atoms with Crippen LogP contribution >= 0.6 is 11.3 Å². The van der Waals surface area contributed by atoms with Crippen LogP contribution in [0.4, 0.5) is 5.82 Å². The average Bonchev–Trinajstić information content (AvgIpc) is 3.19. The van der Waals surface area contributed by atoms with Crippen LogP contribution in [0.1, 0.15) is 33.6 Å². The number of aromatic nitrogens is 1. The van der Waals surface area contributed by atoms with E-state index in [9.17, 15) is 4.79 Å². The number of nitrogens with one attached hydrogen (secondary N) is 1. The summed E-state index contributed by atoms with van der Waals surface area (Å²) in [6.45, 7) is 3.43. The van der Waals surface area contributed by atoms with Crippen LogP contribution in [-0.4, -0.2) is 29.1 Å². The van der Waals surface area contributed by atoms with E-state index in [-0.39, 0.29) is 0 Å². The molecule has 0 amide bonds. The fourth-order valence-electron chi connectivity index (χ4n) is 2.66. The number of thiophene rings is 1. The van der Waals surface area contributed by atoms with Crippen LogP contribution in [0.2, 0.25) is 0 Å². The molecule has 5 nitrogen and oxygen atoms in total. The van der Waals surface area contributed by atoms with Gasteiger partial charge in [-0.15, -0.1) is 11.3 Å². The smallest absolute Gasteiger partial charge is 0.346 e. The molecule has 3 heterocycles. The number of carboxylic acid groups (broad SMARTS) is 1. The molecule has 1 fully saturated rings. The average molecular weight is 317 g/mol. The number of pyridine rings is 1. The van der Waals surface area contributed by atoms with Gasteiger partial charge in [-0.25, -0.2) is 9.78 Å². The lowest BCUT2D eigenvalue weighted by Crippen LogP contribution is -2.19. The van der Waals surface area contributed by atoms with E-state index in [1.54, 1.807) is 0 Å². The molecular formula is C16H19N3O2S. The lowest BCUT2D eigenvalue weighted by Gasteiger charge is -2.16. The number of rotatable bonds is 6. The Morgan fingerprint density at radius 2 is 2.09 bits per heavy atom. The molecule has 2 aromatic heterocycles. The Morgan fingerprint density at radius 1 is 1.27 bits per heavy atom. The minimum atomic E-state index is -0.858. The first-order chi connectivity index (χ1) is 10.7. The summed E-state index contributed by atoms with van der Waals surface area (Å²) in [6, 6.07) is 6.00. The molecule has 0 saturated carbocycles. The summed E-state index contributed by atoms with van der Waals surface area (Å²) in [7, 11) is 0. The normalized spacial score (nSPS) is 14.5. The van der Waals surface area contributed by atoms with Crippen molar-refractivity contribution in [3.8, 4) is 0 Å². The van der Waals surface area contributed by atoms with Crippen molar-refractivity contribution in [2.24, 2.45) is 0 Å². The molecule has 0 spiro atoms. The number of anilines is 1. The van der Waals surface area contributed by atoms with Gasteiger partial charge >= 0.3 is 5.97 Å². The lowest BCUT2D eigenvalue weighted by molar-refractivity contribution is 0.0701. The zero-order valence-electron chi connectivity index (χ0n) is 12.3. The first kappa shape index (κ1) is 15.0. The third-order valence-electron chi connectivity index (χ3n) is 3.82. The fourth-order valence-corrected chi connectivity index (χ4v) is 3.42. The number of aromatic carboxylic acids is 1.